The zero-order chi connectivity index (χ0) is 13.7. The molecule has 1 unspecified atom stereocenters. The highest BCUT2D eigenvalue weighted by atomic mass is 32.2. The monoisotopic (exact) mass is 269 g/mol. The van der Waals surface area contributed by atoms with Crippen LogP contribution < -0.4 is 0 Å². The van der Waals surface area contributed by atoms with Crippen molar-refractivity contribution in [3.8, 4) is 0 Å². The second kappa shape index (κ2) is 6.75. The third-order valence-corrected chi connectivity index (χ3v) is 4.27. The van der Waals surface area contributed by atoms with E-state index in [1.54, 1.807) is 19.1 Å². The van der Waals surface area contributed by atoms with Crippen LogP contribution in [0.4, 0.5) is 5.69 Å². The number of nitrogens with zero attached hydrogens (tertiary/aromatic N) is 1. The van der Waals surface area contributed by atoms with Crippen molar-refractivity contribution < 1.29 is 10.0 Å². The molecule has 1 N–H and O–H groups in total. The number of hydrogen-bond donors (Lipinski definition) is 1. The fourth-order valence-electron chi connectivity index (χ4n) is 1.41. The van der Waals surface area contributed by atoms with E-state index in [-0.39, 0.29) is 10.6 Å². The average molecular weight is 269 g/mol. The summed E-state index contributed by atoms with van der Waals surface area (Å²) >= 11 is 1.51. The van der Waals surface area contributed by atoms with E-state index in [9.17, 15) is 15.2 Å². The summed E-state index contributed by atoms with van der Waals surface area (Å²) in [5.74, 6) is 1.40. The van der Waals surface area contributed by atoms with Gasteiger partial charge in [0.2, 0.25) is 0 Å². The lowest BCUT2D eigenvalue weighted by molar-refractivity contribution is -0.387. The average Bonchev–Trinajstić information content (AvgIpc) is 2.35. The molecule has 2 atom stereocenters. The van der Waals surface area contributed by atoms with Gasteiger partial charge in [0.25, 0.3) is 5.69 Å². The van der Waals surface area contributed by atoms with Gasteiger partial charge in [-0.1, -0.05) is 26.3 Å². The quantitative estimate of drug-likeness (QED) is 0.485. The Bertz CT molecular complexity index is 421. The standard InChI is InChI=1S/C13H19NO3S/c1-4-9(2)8-18-13-6-5-11(10(3)15)7-12(13)14(16)17/h5-7,9-10,15H,4,8H2,1-3H3/t9?,10-/m1/s1. The summed E-state index contributed by atoms with van der Waals surface area (Å²) in [7, 11) is 0. The fourth-order valence-corrected chi connectivity index (χ4v) is 2.55. The maximum Gasteiger partial charge on any atom is 0.283 e. The van der Waals surface area contributed by atoms with Gasteiger partial charge in [0, 0.05) is 11.8 Å². The Morgan fingerprint density at radius 1 is 1.44 bits per heavy atom. The molecule has 1 aromatic rings. The van der Waals surface area contributed by atoms with E-state index < -0.39 is 6.10 Å². The zero-order valence-corrected chi connectivity index (χ0v) is 11.7. The molecule has 0 aliphatic rings. The van der Waals surface area contributed by atoms with Gasteiger partial charge in [0.1, 0.15) is 0 Å². The normalized spacial score (nSPS) is 14.2. The number of rotatable bonds is 6. The molecular weight excluding hydrogens is 250 g/mol. The predicted molar refractivity (Wildman–Crippen MR) is 73.9 cm³/mol. The maximum atomic E-state index is 11.0. The molecule has 0 radical (unpaired) electrons. The van der Waals surface area contributed by atoms with Gasteiger partial charge >= 0.3 is 0 Å². The van der Waals surface area contributed by atoms with Crippen molar-refractivity contribution in [3.05, 3.63) is 33.9 Å². The van der Waals surface area contributed by atoms with Crippen LogP contribution in [0.15, 0.2) is 23.1 Å². The molecule has 0 fully saturated rings. The smallest absolute Gasteiger partial charge is 0.283 e. The number of hydrogen-bond acceptors (Lipinski definition) is 4. The first-order valence-corrected chi connectivity index (χ1v) is 7.03. The second-order valence-corrected chi connectivity index (χ2v) is 5.55. The summed E-state index contributed by atoms with van der Waals surface area (Å²) < 4.78 is 0. The van der Waals surface area contributed by atoms with Crippen LogP contribution in [0.25, 0.3) is 0 Å². The van der Waals surface area contributed by atoms with Gasteiger partial charge in [-0.25, -0.2) is 0 Å². The van der Waals surface area contributed by atoms with Crippen LogP contribution >= 0.6 is 11.8 Å². The molecular formula is C13H19NO3S. The van der Waals surface area contributed by atoms with Crippen LogP contribution in [-0.4, -0.2) is 15.8 Å². The van der Waals surface area contributed by atoms with Crippen LogP contribution in [0.2, 0.25) is 0 Å². The molecule has 18 heavy (non-hydrogen) atoms. The van der Waals surface area contributed by atoms with Crippen molar-refractivity contribution in [1.82, 2.24) is 0 Å². The minimum Gasteiger partial charge on any atom is -0.389 e. The first kappa shape index (κ1) is 15.0. The lowest BCUT2D eigenvalue weighted by Gasteiger charge is -2.10. The van der Waals surface area contributed by atoms with E-state index >= 15 is 0 Å². The fraction of sp³-hybridized carbons (Fsp3) is 0.538. The molecule has 1 aromatic carbocycles. The van der Waals surface area contributed by atoms with Gasteiger partial charge in [0.15, 0.2) is 0 Å². The lowest BCUT2D eigenvalue weighted by atomic mass is 10.1. The Kier molecular flexibility index (Phi) is 5.62. The Morgan fingerprint density at radius 3 is 2.61 bits per heavy atom. The lowest BCUT2D eigenvalue weighted by Crippen LogP contribution is -1.99. The van der Waals surface area contributed by atoms with Crippen molar-refractivity contribution in [2.75, 3.05) is 5.75 Å². The first-order valence-electron chi connectivity index (χ1n) is 6.04. The van der Waals surface area contributed by atoms with Crippen LogP contribution in [-0.2, 0) is 0 Å². The molecule has 0 amide bonds. The second-order valence-electron chi connectivity index (χ2n) is 4.48. The minimum atomic E-state index is -0.683. The van der Waals surface area contributed by atoms with Gasteiger partial charge < -0.3 is 5.11 Å². The van der Waals surface area contributed by atoms with E-state index in [0.29, 0.717) is 16.4 Å². The van der Waals surface area contributed by atoms with Gasteiger partial charge in [-0.15, -0.1) is 11.8 Å². The molecule has 0 saturated carbocycles. The van der Waals surface area contributed by atoms with Gasteiger partial charge in [-0.3, -0.25) is 10.1 Å². The molecule has 100 valence electrons. The molecule has 0 aromatic heterocycles. The van der Waals surface area contributed by atoms with E-state index in [2.05, 4.69) is 13.8 Å². The summed E-state index contributed by atoms with van der Waals surface area (Å²) in [4.78, 5) is 11.3. The molecule has 0 bridgehead atoms. The largest absolute Gasteiger partial charge is 0.389 e. The zero-order valence-electron chi connectivity index (χ0n) is 10.9. The molecule has 0 saturated heterocycles. The van der Waals surface area contributed by atoms with E-state index in [4.69, 9.17) is 0 Å². The SMILES string of the molecule is CCC(C)CSc1ccc([C@@H](C)O)cc1[N+](=O)[O-]. The van der Waals surface area contributed by atoms with Crippen molar-refractivity contribution in [3.63, 3.8) is 0 Å². The van der Waals surface area contributed by atoms with Crippen LogP contribution in [0.3, 0.4) is 0 Å². The number of benzene rings is 1. The number of thioether (sulfide) groups is 1. The molecule has 1 rings (SSSR count). The third kappa shape index (κ3) is 3.99. The van der Waals surface area contributed by atoms with Crippen molar-refractivity contribution in [2.24, 2.45) is 5.92 Å². The summed E-state index contributed by atoms with van der Waals surface area (Å²) in [6.45, 7) is 5.84. The number of aliphatic hydroxyl groups is 1. The topological polar surface area (TPSA) is 63.4 Å². The predicted octanol–water partition coefficient (Wildman–Crippen LogP) is 3.79. The Labute approximate surface area is 112 Å². The summed E-state index contributed by atoms with van der Waals surface area (Å²) in [5.41, 5.74) is 0.663. The highest BCUT2D eigenvalue weighted by Crippen LogP contribution is 2.33. The molecule has 5 heteroatoms. The van der Waals surface area contributed by atoms with Crippen molar-refractivity contribution in [2.45, 2.75) is 38.2 Å². The first-order chi connectivity index (χ1) is 8.45. The molecule has 4 nitrogen and oxygen atoms in total. The van der Waals surface area contributed by atoms with Crippen LogP contribution in [0, 0.1) is 16.0 Å². The molecule has 0 aliphatic carbocycles. The van der Waals surface area contributed by atoms with Crippen molar-refractivity contribution in [1.29, 1.82) is 0 Å². The van der Waals surface area contributed by atoms with Crippen molar-refractivity contribution >= 4 is 17.4 Å². The minimum absolute atomic E-state index is 0.0849. The number of nitro benzene ring substituents is 1. The highest BCUT2D eigenvalue weighted by Gasteiger charge is 2.17. The Morgan fingerprint density at radius 2 is 2.11 bits per heavy atom. The Hall–Kier alpha value is -1.07. The van der Waals surface area contributed by atoms with E-state index in [1.165, 1.54) is 17.8 Å². The summed E-state index contributed by atoms with van der Waals surface area (Å²) in [5, 5.41) is 20.5. The van der Waals surface area contributed by atoms with Gasteiger partial charge in [-0.2, -0.15) is 0 Å². The molecule has 0 heterocycles. The van der Waals surface area contributed by atoms with Gasteiger partial charge in [-0.05, 0) is 24.5 Å². The number of nitro groups is 1. The molecule has 0 spiro atoms. The van der Waals surface area contributed by atoms with Crippen LogP contribution in [0.1, 0.15) is 38.9 Å². The molecule has 0 aliphatic heterocycles. The summed E-state index contributed by atoms with van der Waals surface area (Å²) in [6.07, 6.45) is 0.379. The van der Waals surface area contributed by atoms with Crippen LogP contribution in [0.5, 0.6) is 0 Å². The maximum absolute atomic E-state index is 11.0. The van der Waals surface area contributed by atoms with E-state index in [1.807, 2.05) is 0 Å². The number of aliphatic hydroxyl groups excluding tert-OH is 1. The third-order valence-electron chi connectivity index (χ3n) is 2.88. The summed E-state index contributed by atoms with van der Waals surface area (Å²) in [6, 6.07) is 4.94. The Balaban J connectivity index is 2.93. The van der Waals surface area contributed by atoms with Gasteiger partial charge in [0.05, 0.1) is 15.9 Å². The van der Waals surface area contributed by atoms with E-state index in [0.717, 1.165) is 12.2 Å². The highest BCUT2D eigenvalue weighted by molar-refractivity contribution is 7.99.